The second kappa shape index (κ2) is 6.35. The van der Waals surface area contributed by atoms with Gasteiger partial charge in [0, 0.05) is 37.3 Å². The zero-order chi connectivity index (χ0) is 14.8. The van der Waals surface area contributed by atoms with Crippen LogP contribution in [-0.4, -0.2) is 29.6 Å². The van der Waals surface area contributed by atoms with Gasteiger partial charge in [-0.2, -0.15) is 0 Å². The fraction of sp³-hybridized carbons (Fsp3) is 0.364. The number of thiophene rings is 1. The van der Waals surface area contributed by atoms with Crippen LogP contribution in [0.15, 0.2) is 27.1 Å². The van der Waals surface area contributed by atoms with E-state index in [2.05, 4.69) is 25.6 Å². The van der Waals surface area contributed by atoms with Crippen molar-refractivity contribution >= 4 is 37.3 Å². The van der Waals surface area contributed by atoms with Crippen molar-refractivity contribution in [3.8, 4) is 0 Å². The van der Waals surface area contributed by atoms with E-state index in [1.54, 1.807) is 6.20 Å². The highest BCUT2D eigenvalue weighted by Gasteiger charge is 2.20. The minimum absolute atomic E-state index is 0.159. The highest BCUT2D eigenvalue weighted by Crippen LogP contribution is 2.31. The van der Waals surface area contributed by atoms with Crippen LogP contribution in [0.2, 0.25) is 0 Å². The summed E-state index contributed by atoms with van der Waals surface area (Å²) in [5.74, 6) is 0.813. The molecule has 6 nitrogen and oxygen atoms in total. The van der Waals surface area contributed by atoms with Crippen LogP contribution >= 0.6 is 27.3 Å². The molecule has 0 aliphatic heterocycles. The van der Waals surface area contributed by atoms with Crippen LogP contribution in [0.1, 0.15) is 10.7 Å². The summed E-state index contributed by atoms with van der Waals surface area (Å²) >= 11 is 4.41. The molecule has 110 valence electrons. The van der Waals surface area contributed by atoms with Crippen molar-refractivity contribution in [3.05, 3.63) is 32.9 Å². The van der Waals surface area contributed by atoms with E-state index in [9.17, 15) is 8.42 Å². The second-order valence-corrected chi connectivity index (χ2v) is 8.30. The van der Waals surface area contributed by atoms with Gasteiger partial charge in [0.05, 0.1) is 10.4 Å². The van der Waals surface area contributed by atoms with Crippen molar-refractivity contribution in [2.75, 3.05) is 6.54 Å². The van der Waals surface area contributed by atoms with Gasteiger partial charge in [0.1, 0.15) is 10.7 Å². The Hall–Kier alpha value is -0.740. The molecule has 2 aromatic rings. The molecular formula is C11H14BrN3O3S2. The van der Waals surface area contributed by atoms with Gasteiger partial charge in [-0.3, -0.25) is 0 Å². The Morgan fingerprint density at radius 3 is 2.85 bits per heavy atom. The smallest absolute Gasteiger partial charge is 0.242 e. The molecule has 0 atom stereocenters. The summed E-state index contributed by atoms with van der Waals surface area (Å²) in [6.45, 7) is 0.0932. The lowest BCUT2D eigenvalue weighted by molar-refractivity contribution is 0.285. The van der Waals surface area contributed by atoms with Gasteiger partial charge in [0.25, 0.3) is 0 Å². The number of hydrogen-bond donors (Lipinski definition) is 2. The first-order chi connectivity index (χ1) is 9.44. The standard InChI is InChI=1S/C11H14BrN3O3S2/c1-15-5-4-13-10(15)2-3-14-20(17,18)9-6-8(7-16)19-11(9)12/h4-6,14,16H,2-3,7H2,1H3. The number of nitrogens with one attached hydrogen (secondary N) is 1. The van der Waals surface area contributed by atoms with Crippen molar-refractivity contribution < 1.29 is 13.5 Å². The molecule has 20 heavy (non-hydrogen) atoms. The average Bonchev–Trinajstić information content (AvgIpc) is 2.96. The highest BCUT2D eigenvalue weighted by molar-refractivity contribution is 9.11. The molecule has 0 fully saturated rings. The number of hydrogen-bond acceptors (Lipinski definition) is 5. The van der Waals surface area contributed by atoms with Crippen LogP contribution in [0.3, 0.4) is 0 Å². The number of imidazole rings is 1. The average molecular weight is 380 g/mol. The normalized spacial score (nSPS) is 11.9. The summed E-state index contributed by atoms with van der Waals surface area (Å²) < 4.78 is 29.2. The summed E-state index contributed by atoms with van der Waals surface area (Å²) in [6.07, 6.45) is 4.00. The molecule has 2 aromatic heterocycles. The maximum atomic E-state index is 12.2. The topological polar surface area (TPSA) is 84.2 Å². The number of sulfonamides is 1. The number of rotatable bonds is 6. The quantitative estimate of drug-likeness (QED) is 0.790. The third-order valence-electron chi connectivity index (χ3n) is 2.71. The largest absolute Gasteiger partial charge is 0.391 e. The number of aryl methyl sites for hydroxylation is 1. The summed E-state index contributed by atoms with van der Waals surface area (Å²) in [5.41, 5.74) is 0. The predicted molar refractivity (Wildman–Crippen MR) is 80.0 cm³/mol. The molecule has 0 saturated heterocycles. The number of halogens is 1. The minimum Gasteiger partial charge on any atom is -0.391 e. The molecule has 9 heteroatoms. The molecule has 2 rings (SSSR count). The Morgan fingerprint density at radius 1 is 1.55 bits per heavy atom. The predicted octanol–water partition coefficient (Wildman–Crippen LogP) is 1.26. The SMILES string of the molecule is Cn1ccnc1CCNS(=O)(=O)c1cc(CO)sc1Br. The number of nitrogens with zero attached hydrogens (tertiary/aromatic N) is 2. The van der Waals surface area contributed by atoms with Gasteiger partial charge in [-0.05, 0) is 22.0 Å². The van der Waals surface area contributed by atoms with Crippen molar-refractivity contribution in [1.82, 2.24) is 14.3 Å². The first kappa shape index (κ1) is 15.6. The van der Waals surface area contributed by atoms with E-state index in [1.165, 1.54) is 17.4 Å². The van der Waals surface area contributed by atoms with Crippen LogP contribution in [0.25, 0.3) is 0 Å². The van der Waals surface area contributed by atoms with Gasteiger partial charge in [-0.15, -0.1) is 11.3 Å². The Morgan fingerprint density at radius 2 is 2.30 bits per heavy atom. The fourth-order valence-electron chi connectivity index (χ4n) is 1.67. The van der Waals surface area contributed by atoms with Gasteiger partial charge in [-0.25, -0.2) is 18.1 Å². The van der Waals surface area contributed by atoms with E-state index in [0.717, 1.165) is 5.82 Å². The minimum atomic E-state index is -3.58. The van der Waals surface area contributed by atoms with E-state index in [1.807, 2.05) is 17.8 Å². The number of aliphatic hydroxyl groups excluding tert-OH is 1. The van der Waals surface area contributed by atoms with Gasteiger partial charge >= 0.3 is 0 Å². The maximum Gasteiger partial charge on any atom is 0.242 e. The van der Waals surface area contributed by atoms with E-state index in [4.69, 9.17) is 5.11 Å². The van der Waals surface area contributed by atoms with Crippen molar-refractivity contribution in [3.63, 3.8) is 0 Å². The second-order valence-electron chi connectivity index (χ2n) is 4.11. The molecule has 0 spiro atoms. The molecule has 0 radical (unpaired) electrons. The van der Waals surface area contributed by atoms with Gasteiger partial charge in [0.2, 0.25) is 10.0 Å². The maximum absolute atomic E-state index is 12.2. The Bertz CT molecular complexity index is 694. The molecule has 0 saturated carbocycles. The van der Waals surface area contributed by atoms with Crippen LogP contribution in [0.4, 0.5) is 0 Å². The molecule has 0 aliphatic rings. The van der Waals surface area contributed by atoms with Crippen LogP contribution in [-0.2, 0) is 30.1 Å². The zero-order valence-electron chi connectivity index (χ0n) is 10.7. The molecule has 0 aliphatic carbocycles. The van der Waals surface area contributed by atoms with Crippen LogP contribution in [0.5, 0.6) is 0 Å². The monoisotopic (exact) mass is 379 g/mol. The van der Waals surface area contributed by atoms with Gasteiger partial charge < -0.3 is 9.67 Å². The van der Waals surface area contributed by atoms with Crippen LogP contribution < -0.4 is 4.72 Å². The molecule has 2 N–H and O–H groups in total. The zero-order valence-corrected chi connectivity index (χ0v) is 13.9. The fourth-order valence-corrected chi connectivity index (χ4v) is 5.24. The van der Waals surface area contributed by atoms with E-state index in [-0.39, 0.29) is 18.0 Å². The Labute approximate surface area is 129 Å². The third kappa shape index (κ3) is 3.47. The van der Waals surface area contributed by atoms with Gasteiger partial charge in [0.15, 0.2) is 0 Å². The summed E-state index contributed by atoms with van der Waals surface area (Å²) in [7, 11) is -1.72. The van der Waals surface area contributed by atoms with E-state index >= 15 is 0 Å². The summed E-state index contributed by atoms with van der Waals surface area (Å²) in [6, 6.07) is 1.47. The van der Waals surface area contributed by atoms with Crippen molar-refractivity contribution in [2.45, 2.75) is 17.9 Å². The van der Waals surface area contributed by atoms with E-state index in [0.29, 0.717) is 15.1 Å². The molecule has 0 unspecified atom stereocenters. The molecule has 2 heterocycles. The lowest BCUT2D eigenvalue weighted by atomic mass is 10.4. The molecule has 0 bridgehead atoms. The lowest BCUT2D eigenvalue weighted by Gasteiger charge is -2.06. The summed E-state index contributed by atoms with van der Waals surface area (Å²) in [4.78, 5) is 4.89. The number of aliphatic hydroxyl groups is 1. The van der Waals surface area contributed by atoms with Crippen molar-refractivity contribution in [2.24, 2.45) is 7.05 Å². The van der Waals surface area contributed by atoms with Gasteiger partial charge in [-0.1, -0.05) is 0 Å². The number of aromatic nitrogens is 2. The first-order valence-electron chi connectivity index (χ1n) is 5.79. The Kier molecular flexibility index (Phi) is 4.97. The molecule has 0 amide bonds. The van der Waals surface area contributed by atoms with Crippen molar-refractivity contribution in [1.29, 1.82) is 0 Å². The van der Waals surface area contributed by atoms with Crippen LogP contribution in [0, 0.1) is 0 Å². The highest BCUT2D eigenvalue weighted by atomic mass is 79.9. The summed E-state index contributed by atoms with van der Waals surface area (Å²) in [5, 5.41) is 9.04. The molecular weight excluding hydrogens is 366 g/mol. The lowest BCUT2D eigenvalue weighted by Crippen LogP contribution is -2.26. The third-order valence-corrected chi connectivity index (χ3v) is 6.41. The molecule has 0 aromatic carbocycles. The Balaban J connectivity index is 2.04. The van der Waals surface area contributed by atoms with E-state index < -0.39 is 10.0 Å². The first-order valence-corrected chi connectivity index (χ1v) is 8.88.